The Balaban J connectivity index is 1.67. The first kappa shape index (κ1) is 26.9. The van der Waals surface area contributed by atoms with E-state index in [9.17, 15) is 18.0 Å². The van der Waals surface area contributed by atoms with Crippen LogP contribution in [0.1, 0.15) is 45.1 Å². The molecule has 1 amide bonds. The van der Waals surface area contributed by atoms with Gasteiger partial charge in [-0.25, -0.2) is 9.97 Å². The fraction of sp³-hybridized carbons (Fsp3) is 0.179. The number of amides is 1. The number of nitrogens with zero attached hydrogens (tertiary/aromatic N) is 2. The van der Waals surface area contributed by atoms with Crippen LogP contribution in [0.5, 0.6) is 0 Å². The number of aryl methyl sites for hydroxylation is 1. The van der Waals surface area contributed by atoms with Gasteiger partial charge < -0.3 is 16.4 Å². The van der Waals surface area contributed by atoms with Gasteiger partial charge in [0.25, 0.3) is 5.91 Å². The minimum Gasteiger partial charge on any atom is -0.357 e. The number of aromatic nitrogens is 2. The SMILES string of the molecule is CCc1ccc(C(=O)Nc2cc(CN)cc(C(F)(F)F)c2)cc1C#Cc1cnc(NC)nc1-c1cccs1. The van der Waals surface area contributed by atoms with E-state index >= 15 is 0 Å². The van der Waals surface area contributed by atoms with Crippen LogP contribution in [0.25, 0.3) is 10.6 Å². The van der Waals surface area contributed by atoms with Crippen LogP contribution in [-0.4, -0.2) is 22.9 Å². The maximum atomic E-state index is 13.3. The van der Waals surface area contributed by atoms with Crippen LogP contribution in [0.15, 0.2) is 60.1 Å². The van der Waals surface area contributed by atoms with E-state index in [2.05, 4.69) is 32.4 Å². The molecule has 38 heavy (non-hydrogen) atoms. The summed E-state index contributed by atoms with van der Waals surface area (Å²) in [4.78, 5) is 22.8. The molecule has 2 aromatic carbocycles. The van der Waals surface area contributed by atoms with Crippen molar-refractivity contribution in [3.05, 3.63) is 93.5 Å². The van der Waals surface area contributed by atoms with Crippen molar-refractivity contribution in [2.75, 3.05) is 17.7 Å². The number of carbonyl (C=O) groups is 1. The maximum Gasteiger partial charge on any atom is 0.416 e. The highest BCUT2D eigenvalue weighted by Crippen LogP contribution is 2.32. The number of anilines is 2. The molecular weight excluding hydrogens is 511 g/mol. The lowest BCUT2D eigenvalue weighted by Gasteiger charge is -2.13. The number of carbonyl (C=O) groups excluding carboxylic acids is 1. The number of halogens is 3. The first-order valence-corrected chi connectivity index (χ1v) is 12.6. The molecule has 0 aliphatic rings. The topological polar surface area (TPSA) is 92.9 Å². The fourth-order valence-corrected chi connectivity index (χ4v) is 4.45. The van der Waals surface area contributed by atoms with Crippen LogP contribution in [0.2, 0.25) is 0 Å². The third-order valence-electron chi connectivity index (χ3n) is 5.67. The highest BCUT2D eigenvalue weighted by atomic mass is 32.1. The molecule has 2 aromatic heterocycles. The first-order valence-electron chi connectivity index (χ1n) is 11.7. The van der Waals surface area contributed by atoms with Crippen LogP contribution in [0.4, 0.5) is 24.8 Å². The molecular formula is C28H24F3N5OS. The lowest BCUT2D eigenvalue weighted by molar-refractivity contribution is -0.137. The molecule has 0 radical (unpaired) electrons. The molecule has 194 valence electrons. The van der Waals surface area contributed by atoms with E-state index in [0.29, 0.717) is 29.2 Å². The zero-order valence-corrected chi connectivity index (χ0v) is 21.4. The van der Waals surface area contributed by atoms with Gasteiger partial charge in [0.2, 0.25) is 5.95 Å². The molecule has 0 aliphatic carbocycles. The summed E-state index contributed by atoms with van der Waals surface area (Å²) in [5.41, 5.74) is 8.08. The predicted octanol–water partition coefficient (Wildman–Crippen LogP) is 5.94. The van der Waals surface area contributed by atoms with Gasteiger partial charge >= 0.3 is 6.18 Å². The third-order valence-corrected chi connectivity index (χ3v) is 6.54. The van der Waals surface area contributed by atoms with E-state index in [0.717, 1.165) is 22.6 Å². The lowest BCUT2D eigenvalue weighted by Crippen LogP contribution is -2.15. The minimum atomic E-state index is -4.56. The van der Waals surface area contributed by atoms with Crippen molar-refractivity contribution in [3.8, 4) is 22.4 Å². The van der Waals surface area contributed by atoms with E-state index in [1.165, 1.54) is 17.4 Å². The smallest absolute Gasteiger partial charge is 0.357 e. The Bertz CT molecular complexity index is 1520. The van der Waals surface area contributed by atoms with E-state index < -0.39 is 17.6 Å². The normalized spacial score (nSPS) is 11.0. The van der Waals surface area contributed by atoms with Gasteiger partial charge in [0.1, 0.15) is 5.69 Å². The van der Waals surface area contributed by atoms with E-state index in [1.54, 1.807) is 31.4 Å². The number of benzene rings is 2. The minimum absolute atomic E-state index is 0.0137. The fourth-order valence-electron chi connectivity index (χ4n) is 3.72. The Kier molecular flexibility index (Phi) is 8.10. The van der Waals surface area contributed by atoms with Crippen molar-refractivity contribution >= 4 is 28.9 Å². The summed E-state index contributed by atoms with van der Waals surface area (Å²) in [7, 11) is 1.74. The summed E-state index contributed by atoms with van der Waals surface area (Å²) >= 11 is 1.53. The summed E-state index contributed by atoms with van der Waals surface area (Å²) in [6.45, 7) is 1.88. The summed E-state index contributed by atoms with van der Waals surface area (Å²) in [6, 6.07) is 12.2. The maximum absolute atomic E-state index is 13.3. The van der Waals surface area contributed by atoms with E-state index in [4.69, 9.17) is 5.73 Å². The monoisotopic (exact) mass is 535 g/mol. The first-order chi connectivity index (χ1) is 18.2. The molecule has 0 aliphatic heterocycles. The second-order valence-corrected chi connectivity index (χ2v) is 9.18. The van der Waals surface area contributed by atoms with Gasteiger partial charge in [0.05, 0.1) is 16.0 Å². The Labute approximate surface area is 222 Å². The van der Waals surface area contributed by atoms with Crippen LogP contribution in [0.3, 0.4) is 0 Å². The van der Waals surface area contributed by atoms with Crippen LogP contribution < -0.4 is 16.4 Å². The highest BCUT2D eigenvalue weighted by Gasteiger charge is 2.31. The highest BCUT2D eigenvalue weighted by molar-refractivity contribution is 7.13. The molecule has 0 fully saturated rings. The average Bonchev–Trinajstić information content (AvgIpc) is 3.46. The van der Waals surface area contributed by atoms with Gasteiger partial charge in [-0.15, -0.1) is 11.3 Å². The number of hydrogen-bond donors (Lipinski definition) is 3. The Morgan fingerprint density at radius 1 is 1.11 bits per heavy atom. The standard InChI is InChI=1S/C28H24F3N5OS/c1-3-18-6-8-20(26(37)35-23-12-17(15-32)11-22(14-23)28(29,30)31)13-19(18)7-9-21-16-34-27(33-2)36-25(21)24-5-4-10-38-24/h4-6,8,10-14,16H,3,15,32H2,1-2H3,(H,35,37)(H,33,34,36). The summed E-state index contributed by atoms with van der Waals surface area (Å²) in [5, 5.41) is 7.43. The van der Waals surface area contributed by atoms with Crippen LogP contribution in [-0.2, 0) is 19.1 Å². The largest absolute Gasteiger partial charge is 0.416 e. The number of alkyl halides is 3. The van der Waals surface area contributed by atoms with Gasteiger partial charge in [0.15, 0.2) is 0 Å². The molecule has 0 bridgehead atoms. The number of thiophene rings is 1. The molecule has 4 N–H and O–H groups in total. The van der Waals surface area contributed by atoms with Crippen molar-refractivity contribution in [3.63, 3.8) is 0 Å². The summed E-state index contributed by atoms with van der Waals surface area (Å²) < 4.78 is 39.9. The summed E-state index contributed by atoms with van der Waals surface area (Å²) in [5.74, 6) is 6.18. The van der Waals surface area contributed by atoms with E-state index in [-0.39, 0.29) is 23.4 Å². The Hall–Kier alpha value is -4.20. The molecule has 4 aromatic rings. The van der Waals surface area contributed by atoms with Gasteiger partial charge in [0, 0.05) is 36.6 Å². The zero-order chi connectivity index (χ0) is 27.3. The average molecular weight is 536 g/mol. The number of nitrogens with one attached hydrogen (secondary N) is 2. The zero-order valence-electron chi connectivity index (χ0n) is 20.6. The van der Waals surface area contributed by atoms with Crippen molar-refractivity contribution < 1.29 is 18.0 Å². The van der Waals surface area contributed by atoms with Gasteiger partial charge in [-0.05, 0) is 59.3 Å². The van der Waals surface area contributed by atoms with Gasteiger partial charge in [-0.3, -0.25) is 4.79 Å². The second kappa shape index (κ2) is 11.5. The number of hydrogen-bond acceptors (Lipinski definition) is 6. The number of nitrogens with two attached hydrogens (primary N) is 1. The molecule has 0 atom stereocenters. The predicted molar refractivity (Wildman–Crippen MR) is 144 cm³/mol. The second-order valence-electron chi connectivity index (χ2n) is 8.23. The molecule has 0 saturated carbocycles. The molecule has 0 saturated heterocycles. The van der Waals surface area contributed by atoms with Crippen molar-refractivity contribution in [1.29, 1.82) is 0 Å². The van der Waals surface area contributed by atoms with Crippen LogP contribution in [0, 0.1) is 11.8 Å². The Morgan fingerprint density at radius 3 is 2.55 bits per heavy atom. The molecule has 0 spiro atoms. The molecule has 6 nitrogen and oxygen atoms in total. The van der Waals surface area contributed by atoms with Crippen molar-refractivity contribution in [1.82, 2.24) is 9.97 Å². The number of rotatable bonds is 6. The summed E-state index contributed by atoms with van der Waals surface area (Å²) in [6.07, 6.45) is -2.24. The molecule has 4 rings (SSSR count). The third kappa shape index (κ3) is 6.19. The Morgan fingerprint density at radius 2 is 1.89 bits per heavy atom. The van der Waals surface area contributed by atoms with E-state index in [1.807, 2.05) is 24.4 Å². The quantitative estimate of drug-likeness (QED) is 0.266. The molecule has 0 unspecified atom stereocenters. The molecule has 2 heterocycles. The van der Waals surface area contributed by atoms with Crippen molar-refractivity contribution in [2.45, 2.75) is 26.1 Å². The van der Waals surface area contributed by atoms with Crippen molar-refractivity contribution in [2.24, 2.45) is 5.73 Å². The lowest BCUT2D eigenvalue weighted by atomic mass is 10.0. The van der Waals surface area contributed by atoms with Gasteiger partial charge in [-0.1, -0.05) is 30.9 Å². The molecule has 10 heteroatoms. The van der Waals surface area contributed by atoms with Gasteiger partial charge in [-0.2, -0.15) is 13.2 Å². The van der Waals surface area contributed by atoms with Crippen LogP contribution >= 0.6 is 11.3 Å².